The number of hydrogen-bond acceptors (Lipinski definition) is 11. The van der Waals surface area contributed by atoms with Gasteiger partial charge in [0.1, 0.15) is 6.04 Å². The van der Waals surface area contributed by atoms with Crippen molar-refractivity contribution in [2.45, 2.75) is 97.8 Å². The topological polar surface area (TPSA) is 159 Å². The number of carbonyl (C=O) groups is 5. The number of nitrogens with zero attached hydrogens (tertiary/aromatic N) is 3. The Morgan fingerprint density at radius 3 is 2.44 bits per heavy atom. The van der Waals surface area contributed by atoms with Crippen LogP contribution in [0.25, 0.3) is 11.3 Å². The van der Waals surface area contributed by atoms with Crippen LogP contribution in [0.1, 0.15) is 100 Å². The van der Waals surface area contributed by atoms with E-state index in [9.17, 15) is 32.8 Å². The van der Waals surface area contributed by atoms with Gasteiger partial charge in [0.25, 0.3) is 17.7 Å². The Balaban J connectivity index is 0.000000210. The molecule has 3 N–H and O–H groups in total. The van der Waals surface area contributed by atoms with Crippen LogP contribution in [0.2, 0.25) is 0 Å². The summed E-state index contributed by atoms with van der Waals surface area (Å²) in [5, 5.41) is 10.7. The zero-order valence-electron chi connectivity index (χ0n) is 33.1. The molecule has 0 aliphatic carbocycles. The van der Waals surface area contributed by atoms with E-state index in [1.165, 1.54) is 17.4 Å². The summed E-state index contributed by atoms with van der Waals surface area (Å²) in [5.41, 5.74) is 2.04. The maximum atomic E-state index is 14.4. The summed E-state index contributed by atoms with van der Waals surface area (Å²) >= 11 is 1.45. The minimum Gasteiger partial charge on any atom is -0.480 e. The molecule has 5 heterocycles. The molecule has 3 fully saturated rings. The lowest BCUT2D eigenvalue weighted by Gasteiger charge is -2.31. The number of amides is 5. The molecule has 4 aliphatic heterocycles. The Bertz CT molecular complexity index is 1930. The number of halogens is 2. The van der Waals surface area contributed by atoms with Gasteiger partial charge in [-0.25, -0.2) is 9.37 Å². The summed E-state index contributed by atoms with van der Waals surface area (Å²) < 4.78 is 39.5. The first-order valence-corrected chi connectivity index (χ1v) is 20.7. The standard InChI is InChI=1S/C20H23F2N3O3S.C19H23N3O4.C2H6/c1-2-7-23-17(26)10-27-19-14(5-6-15(21)18(19)22)16-11-29-20(24-16)25-8-12-3-4-13(9-25)28-12;1-3-5-11(2)10-20-13-7-4-6-12-16(13)19(26)22(18(12)25)14-8-9-15(23)21-17(14)24;1-2/h5-6,11-13H,2-4,7-10H2,1H3,(H,23,26);4,6-7,11,14,20H,3,5,8-10H2,1-2H3,(H,21,23,24);1-2H3. The molecule has 3 saturated heterocycles. The van der Waals surface area contributed by atoms with Gasteiger partial charge in [-0.2, -0.15) is 4.39 Å². The number of piperidine rings is 1. The van der Waals surface area contributed by atoms with Crippen LogP contribution < -0.4 is 25.6 Å². The minimum atomic E-state index is -1.12. The third-order valence-corrected chi connectivity index (χ3v) is 10.8. The lowest BCUT2D eigenvalue weighted by Crippen LogP contribution is -2.54. The van der Waals surface area contributed by atoms with E-state index in [4.69, 9.17) is 9.47 Å². The van der Waals surface area contributed by atoms with E-state index in [0.717, 1.165) is 61.3 Å². The first kappa shape index (κ1) is 43.2. The number of carbonyl (C=O) groups excluding carboxylic acids is 5. The number of thiazole rings is 1. The number of ether oxygens (including phenoxy) is 2. The van der Waals surface area contributed by atoms with Gasteiger partial charge >= 0.3 is 0 Å². The Hall–Kier alpha value is -4.96. The summed E-state index contributed by atoms with van der Waals surface area (Å²) in [4.78, 5) is 68.7. The molecule has 16 heteroatoms. The zero-order valence-corrected chi connectivity index (χ0v) is 33.9. The maximum Gasteiger partial charge on any atom is 0.264 e. The van der Waals surface area contributed by atoms with Gasteiger partial charge in [-0.1, -0.05) is 47.1 Å². The molecule has 2 bridgehead atoms. The average molecular weight is 811 g/mol. The predicted molar refractivity (Wildman–Crippen MR) is 213 cm³/mol. The minimum absolute atomic E-state index is 0.115. The molecule has 13 nitrogen and oxygen atoms in total. The van der Waals surface area contributed by atoms with Gasteiger partial charge < -0.3 is 25.0 Å². The second-order valence-electron chi connectivity index (χ2n) is 14.2. The third kappa shape index (κ3) is 10.1. The van der Waals surface area contributed by atoms with Crippen molar-refractivity contribution in [3.05, 3.63) is 58.5 Å². The van der Waals surface area contributed by atoms with E-state index >= 15 is 0 Å². The second kappa shape index (κ2) is 19.9. The van der Waals surface area contributed by atoms with E-state index < -0.39 is 42.0 Å². The Kier molecular flexibility index (Phi) is 15.1. The lowest BCUT2D eigenvalue weighted by atomic mass is 10.0. The van der Waals surface area contributed by atoms with Crippen molar-refractivity contribution in [3.63, 3.8) is 0 Å². The fourth-order valence-corrected chi connectivity index (χ4v) is 8.02. The fraction of sp³-hybridized carbons (Fsp3) is 0.512. The van der Waals surface area contributed by atoms with Crippen LogP contribution in [0.4, 0.5) is 19.6 Å². The summed E-state index contributed by atoms with van der Waals surface area (Å²) in [6.07, 6.45) is 5.76. The molecule has 4 aliphatic rings. The molecule has 4 unspecified atom stereocenters. The number of hydrogen-bond donors (Lipinski definition) is 3. The molecule has 308 valence electrons. The summed E-state index contributed by atoms with van der Waals surface area (Å²) in [7, 11) is 0. The Morgan fingerprint density at radius 2 is 1.75 bits per heavy atom. The number of anilines is 2. The van der Waals surface area contributed by atoms with Gasteiger partial charge in [-0.3, -0.25) is 34.2 Å². The molecule has 5 amide bonds. The van der Waals surface area contributed by atoms with Crippen LogP contribution in [0.3, 0.4) is 0 Å². The van der Waals surface area contributed by atoms with E-state index in [1.807, 2.05) is 20.8 Å². The summed E-state index contributed by atoms with van der Waals surface area (Å²) in [6, 6.07) is 6.64. The number of nitrogens with one attached hydrogen (secondary N) is 3. The van der Waals surface area contributed by atoms with Crippen LogP contribution in [0.15, 0.2) is 35.7 Å². The van der Waals surface area contributed by atoms with Crippen LogP contribution in [0.5, 0.6) is 5.75 Å². The molecule has 0 spiro atoms. The smallest absolute Gasteiger partial charge is 0.264 e. The Morgan fingerprint density at radius 1 is 1.02 bits per heavy atom. The van der Waals surface area contributed by atoms with E-state index in [-0.39, 0.29) is 42.6 Å². The van der Waals surface area contributed by atoms with Crippen LogP contribution in [-0.4, -0.2) is 90.5 Å². The highest BCUT2D eigenvalue weighted by molar-refractivity contribution is 7.14. The lowest BCUT2D eigenvalue weighted by molar-refractivity contribution is -0.136. The maximum absolute atomic E-state index is 14.4. The first-order valence-electron chi connectivity index (χ1n) is 19.8. The Labute approximate surface area is 335 Å². The highest BCUT2D eigenvalue weighted by Crippen LogP contribution is 2.38. The number of rotatable bonds is 13. The molecular weight excluding hydrogens is 759 g/mol. The largest absolute Gasteiger partial charge is 0.480 e. The third-order valence-electron chi connectivity index (χ3n) is 9.94. The molecule has 7 rings (SSSR count). The van der Waals surface area contributed by atoms with Gasteiger partial charge in [0.15, 0.2) is 23.3 Å². The molecule has 3 aromatic rings. The van der Waals surface area contributed by atoms with Gasteiger partial charge in [0.05, 0.1) is 29.0 Å². The number of morpholine rings is 1. The molecule has 4 atom stereocenters. The van der Waals surface area contributed by atoms with Crippen molar-refractivity contribution in [2.75, 3.05) is 43.0 Å². The normalized spacial score (nSPS) is 20.2. The van der Waals surface area contributed by atoms with Crippen molar-refractivity contribution >= 4 is 51.7 Å². The molecule has 2 aromatic carbocycles. The quantitative estimate of drug-likeness (QED) is 0.167. The molecule has 57 heavy (non-hydrogen) atoms. The zero-order chi connectivity index (χ0) is 41.2. The second-order valence-corrected chi connectivity index (χ2v) is 15.0. The van der Waals surface area contributed by atoms with Gasteiger partial charge in [-0.05, 0) is 62.3 Å². The van der Waals surface area contributed by atoms with Gasteiger partial charge in [0.2, 0.25) is 17.6 Å². The van der Waals surface area contributed by atoms with Crippen molar-refractivity contribution in [1.29, 1.82) is 0 Å². The number of benzene rings is 2. The highest BCUT2D eigenvalue weighted by Gasteiger charge is 2.45. The van der Waals surface area contributed by atoms with Crippen LogP contribution in [-0.2, 0) is 19.1 Å². The van der Waals surface area contributed by atoms with E-state index in [0.29, 0.717) is 47.1 Å². The average Bonchev–Trinajstić information content (AvgIpc) is 3.90. The molecule has 0 saturated carbocycles. The van der Waals surface area contributed by atoms with Crippen molar-refractivity contribution in [2.24, 2.45) is 5.92 Å². The first-order chi connectivity index (χ1) is 27.5. The molecule has 0 radical (unpaired) electrons. The SMILES string of the molecule is CC.CCCC(C)CNc1cccc2c1C(=O)N(C1CCC(=O)NC1=O)C2=O.CCCNC(=O)COc1c(-c2csc(N3CC4CCC(C3)O4)n2)ccc(F)c1F. The number of fused-ring (bicyclic) bond motifs is 3. The monoisotopic (exact) mass is 810 g/mol. The highest BCUT2D eigenvalue weighted by atomic mass is 32.1. The molecule has 1 aromatic heterocycles. The molecular formula is C41H52F2N6O7S. The van der Waals surface area contributed by atoms with Crippen molar-refractivity contribution < 1.29 is 42.2 Å². The van der Waals surface area contributed by atoms with Gasteiger partial charge in [-0.15, -0.1) is 11.3 Å². The van der Waals surface area contributed by atoms with Crippen LogP contribution >= 0.6 is 11.3 Å². The van der Waals surface area contributed by atoms with Gasteiger partial charge in [0, 0.05) is 49.2 Å². The summed E-state index contributed by atoms with van der Waals surface area (Å²) in [5.74, 6) is -4.33. The fourth-order valence-electron chi connectivity index (χ4n) is 7.17. The van der Waals surface area contributed by atoms with Crippen molar-refractivity contribution in [1.82, 2.24) is 20.5 Å². The van der Waals surface area contributed by atoms with E-state index in [2.05, 4.69) is 39.7 Å². The van der Waals surface area contributed by atoms with E-state index in [1.54, 1.807) is 23.6 Å². The number of imide groups is 2. The van der Waals surface area contributed by atoms with Crippen molar-refractivity contribution in [3.8, 4) is 17.0 Å². The number of aromatic nitrogens is 1. The van der Waals surface area contributed by atoms with Crippen LogP contribution in [0, 0.1) is 17.6 Å². The summed E-state index contributed by atoms with van der Waals surface area (Å²) in [6.45, 7) is 12.5. The predicted octanol–water partition coefficient (Wildman–Crippen LogP) is 6.32.